The monoisotopic (exact) mass is 308 g/mol. The molecule has 0 fully saturated rings. The summed E-state index contributed by atoms with van der Waals surface area (Å²) < 4.78 is 5.57. The Morgan fingerprint density at radius 2 is 1.86 bits per heavy atom. The van der Waals surface area contributed by atoms with Crippen molar-refractivity contribution < 1.29 is 14.6 Å². The fourth-order valence-corrected chi connectivity index (χ4v) is 3.21. The summed E-state index contributed by atoms with van der Waals surface area (Å²) in [5.74, 6) is -0.317. The minimum atomic E-state index is -0.858. The molecule has 22 heavy (non-hydrogen) atoms. The van der Waals surface area contributed by atoms with Gasteiger partial charge in [-0.15, -0.1) is 0 Å². The van der Waals surface area contributed by atoms with Gasteiger partial charge in [0.15, 0.2) is 0 Å². The second-order valence-electron chi connectivity index (χ2n) is 7.18. The van der Waals surface area contributed by atoms with Gasteiger partial charge < -0.3 is 9.84 Å². The maximum Gasteiger partial charge on any atom is 0.302 e. The van der Waals surface area contributed by atoms with Gasteiger partial charge in [0, 0.05) is 19.3 Å². The van der Waals surface area contributed by atoms with Crippen molar-refractivity contribution in [1.29, 1.82) is 0 Å². The van der Waals surface area contributed by atoms with Crippen LogP contribution >= 0.6 is 0 Å². The molecule has 0 aromatic carbocycles. The second kappa shape index (κ2) is 8.52. The van der Waals surface area contributed by atoms with Gasteiger partial charge in [0.25, 0.3) is 0 Å². The Kier molecular flexibility index (Phi) is 7.34. The minimum absolute atomic E-state index is 0.0483. The van der Waals surface area contributed by atoms with E-state index in [9.17, 15) is 9.90 Å². The van der Waals surface area contributed by atoms with E-state index in [1.54, 1.807) is 0 Å². The summed E-state index contributed by atoms with van der Waals surface area (Å²) in [4.78, 5) is 11.5. The number of carbonyl (C=O) groups is 1. The summed E-state index contributed by atoms with van der Waals surface area (Å²) in [6, 6.07) is 0. The van der Waals surface area contributed by atoms with Gasteiger partial charge in [0.2, 0.25) is 0 Å². The summed E-state index contributed by atoms with van der Waals surface area (Å²) in [6.07, 6.45) is 9.98. The van der Waals surface area contributed by atoms with Crippen molar-refractivity contribution in [1.82, 2.24) is 0 Å². The molecule has 0 radical (unpaired) electrons. The molecule has 0 aliphatic heterocycles. The molecule has 1 rings (SSSR count). The molecule has 0 bridgehead atoms. The summed E-state index contributed by atoms with van der Waals surface area (Å²) in [5.41, 5.74) is 1.80. The predicted molar refractivity (Wildman–Crippen MR) is 90.6 cm³/mol. The smallest absolute Gasteiger partial charge is 0.302 e. The molecular weight excluding hydrogens is 276 g/mol. The highest BCUT2D eigenvalue weighted by atomic mass is 16.5. The molecule has 3 nitrogen and oxygen atoms in total. The van der Waals surface area contributed by atoms with E-state index in [-0.39, 0.29) is 18.0 Å². The van der Waals surface area contributed by atoms with Crippen LogP contribution in [-0.4, -0.2) is 22.8 Å². The Labute approximate surface area is 135 Å². The van der Waals surface area contributed by atoms with Crippen molar-refractivity contribution >= 4 is 5.97 Å². The fourth-order valence-electron chi connectivity index (χ4n) is 3.21. The number of carbonyl (C=O) groups excluding carboxylic acids is 1. The summed E-state index contributed by atoms with van der Waals surface area (Å²) in [6.45, 7) is 9.36. The van der Waals surface area contributed by atoms with Gasteiger partial charge in [-0.2, -0.15) is 0 Å². The minimum Gasteiger partial charge on any atom is -0.462 e. The average molecular weight is 308 g/mol. The van der Waals surface area contributed by atoms with Crippen LogP contribution in [-0.2, 0) is 9.53 Å². The zero-order valence-electron chi connectivity index (χ0n) is 14.8. The molecule has 0 heterocycles. The normalized spacial score (nSPS) is 30.1. The van der Waals surface area contributed by atoms with E-state index in [4.69, 9.17) is 4.74 Å². The number of esters is 1. The number of aliphatic hydroxyl groups is 1. The molecule has 1 aliphatic rings. The Morgan fingerprint density at radius 3 is 2.45 bits per heavy atom. The predicted octanol–water partition coefficient (Wildman–Crippen LogP) is 4.55. The maximum absolute atomic E-state index is 11.5. The molecule has 0 saturated carbocycles. The largest absolute Gasteiger partial charge is 0.462 e. The third-order valence-corrected chi connectivity index (χ3v) is 4.44. The molecule has 0 spiro atoms. The SMILES string of the molecule is CC(=O)O[C@H]1C/C(C)=C/CC/C(C)=C/CCC[C@@H]1C(C)(C)O. The Morgan fingerprint density at radius 1 is 1.23 bits per heavy atom. The fraction of sp³-hybridized carbons (Fsp3) is 0.737. The number of rotatable bonds is 2. The third kappa shape index (κ3) is 6.78. The first-order valence-corrected chi connectivity index (χ1v) is 8.41. The van der Waals surface area contributed by atoms with Crippen molar-refractivity contribution in [3.63, 3.8) is 0 Å². The lowest BCUT2D eigenvalue weighted by Gasteiger charge is -2.36. The third-order valence-electron chi connectivity index (χ3n) is 4.44. The van der Waals surface area contributed by atoms with Crippen molar-refractivity contribution in [2.75, 3.05) is 0 Å². The van der Waals surface area contributed by atoms with Crippen molar-refractivity contribution in [2.24, 2.45) is 5.92 Å². The lowest BCUT2D eigenvalue weighted by Crippen LogP contribution is -2.41. The van der Waals surface area contributed by atoms with Gasteiger partial charge in [-0.1, -0.05) is 23.3 Å². The van der Waals surface area contributed by atoms with E-state index >= 15 is 0 Å². The molecule has 1 aliphatic carbocycles. The van der Waals surface area contributed by atoms with Crippen LogP contribution < -0.4 is 0 Å². The zero-order valence-corrected chi connectivity index (χ0v) is 14.8. The van der Waals surface area contributed by atoms with Crippen LogP contribution in [0.15, 0.2) is 23.3 Å². The van der Waals surface area contributed by atoms with Gasteiger partial charge in [-0.05, 0) is 59.8 Å². The van der Waals surface area contributed by atoms with Crippen LogP contribution in [0.4, 0.5) is 0 Å². The summed E-state index contributed by atoms with van der Waals surface area (Å²) in [5, 5.41) is 10.5. The standard InChI is InChI=1S/C19H32O3/c1-14-9-6-7-12-17(19(4,5)21)18(22-16(3)20)13-15(2)11-8-10-14/h9,11,17-18,21H,6-8,10,12-13H2,1-5H3/b14-9+,15-11+/t17-,18-/m0/s1. The quantitative estimate of drug-likeness (QED) is 0.601. The molecule has 0 saturated heterocycles. The number of ether oxygens (including phenoxy) is 1. The maximum atomic E-state index is 11.5. The van der Waals surface area contributed by atoms with Crippen LogP contribution in [0.1, 0.15) is 73.1 Å². The van der Waals surface area contributed by atoms with Crippen molar-refractivity contribution in [2.45, 2.75) is 84.8 Å². The average Bonchev–Trinajstić information content (AvgIpc) is 2.34. The van der Waals surface area contributed by atoms with Gasteiger partial charge in [0.1, 0.15) is 6.10 Å². The molecule has 0 aromatic heterocycles. The molecule has 3 heteroatoms. The van der Waals surface area contributed by atoms with E-state index in [1.165, 1.54) is 18.1 Å². The molecule has 126 valence electrons. The first kappa shape index (κ1) is 19.0. The van der Waals surface area contributed by atoms with Gasteiger partial charge in [-0.3, -0.25) is 4.79 Å². The van der Waals surface area contributed by atoms with Crippen molar-refractivity contribution in [3.05, 3.63) is 23.3 Å². The first-order chi connectivity index (χ1) is 10.2. The lowest BCUT2D eigenvalue weighted by atomic mass is 9.79. The molecule has 0 aromatic rings. The van der Waals surface area contributed by atoms with E-state index < -0.39 is 5.60 Å². The highest BCUT2D eigenvalue weighted by molar-refractivity contribution is 5.66. The van der Waals surface area contributed by atoms with Crippen LogP contribution in [0, 0.1) is 5.92 Å². The Bertz CT molecular complexity index is 426. The van der Waals surface area contributed by atoms with E-state index in [0.29, 0.717) is 6.42 Å². The number of hydrogen-bond acceptors (Lipinski definition) is 3. The van der Waals surface area contributed by atoms with E-state index in [1.807, 2.05) is 13.8 Å². The van der Waals surface area contributed by atoms with Crippen LogP contribution in [0.5, 0.6) is 0 Å². The summed E-state index contributed by atoms with van der Waals surface area (Å²) in [7, 11) is 0. The molecule has 0 unspecified atom stereocenters. The van der Waals surface area contributed by atoms with Gasteiger partial charge in [-0.25, -0.2) is 0 Å². The topological polar surface area (TPSA) is 46.5 Å². The van der Waals surface area contributed by atoms with Gasteiger partial charge >= 0.3 is 5.97 Å². The number of allylic oxidation sites excluding steroid dienone is 3. The van der Waals surface area contributed by atoms with E-state index in [2.05, 4.69) is 26.0 Å². The van der Waals surface area contributed by atoms with E-state index in [0.717, 1.165) is 32.1 Å². The number of hydrogen-bond donors (Lipinski definition) is 1. The lowest BCUT2D eigenvalue weighted by molar-refractivity contribution is -0.155. The molecular formula is C19H32O3. The Hall–Kier alpha value is -1.09. The zero-order chi connectivity index (χ0) is 16.8. The highest BCUT2D eigenvalue weighted by Gasteiger charge is 2.35. The first-order valence-electron chi connectivity index (χ1n) is 8.41. The van der Waals surface area contributed by atoms with Crippen molar-refractivity contribution in [3.8, 4) is 0 Å². The highest BCUT2D eigenvalue weighted by Crippen LogP contribution is 2.32. The van der Waals surface area contributed by atoms with Crippen LogP contribution in [0.25, 0.3) is 0 Å². The second-order valence-corrected chi connectivity index (χ2v) is 7.18. The molecule has 0 amide bonds. The van der Waals surface area contributed by atoms with Crippen LogP contribution in [0.2, 0.25) is 0 Å². The molecule has 2 atom stereocenters. The summed E-state index contributed by atoms with van der Waals surface area (Å²) >= 11 is 0. The Balaban J connectivity index is 3.00. The van der Waals surface area contributed by atoms with Gasteiger partial charge in [0.05, 0.1) is 5.60 Å². The molecule has 1 N–H and O–H groups in total. The van der Waals surface area contributed by atoms with Crippen LogP contribution in [0.3, 0.4) is 0 Å².